The van der Waals surface area contributed by atoms with Gasteiger partial charge in [0.2, 0.25) is 0 Å². The van der Waals surface area contributed by atoms with Gasteiger partial charge in [0.15, 0.2) is 0 Å². The lowest BCUT2D eigenvalue weighted by Gasteiger charge is -1.99. The molecule has 0 fully saturated rings. The molecule has 3 rings (SSSR count). The van der Waals surface area contributed by atoms with Crippen LogP contribution in [0.2, 0.25) is 0 Å². The van der Waals surface area contributed by atoms with E-state index in [4.69, 9.17) is 0 Å². The van der Waals surface area contributed by atoms with E-state index in [0.29, 0.717) is 6.54 Å². The fraction of sp³-hybridized carbons (Fsp3) is 0.133. The Morgan fingerprint density at radius 2 is 1.50 bits per heavy atom. The first-order chi connectivity index (χ1) is 9.84. The van der Waals surface area contributed by atoms with Crippen LogP contribution in [0.15, 0.2) is 65.5 Å². The summed E-state index contributed by atoms with van der Waals surface area (Å²) in [6.07, 6.45) is 0.758. The molecule has 5 heteroatoms. The Kier molecular flexibility index (Phi) is 3.41. The molecule has 3 aromatic rings. The highest BCUT2D eigenvalue weighted by atomic mass is 16.2. The van der Waals surface area contributed by atoms with Gasteiger partial charge in [-0.15, -0.1) is 0 Å². The quantitative estimate of drug-likeness (QED) is 0.722. The largest absolute Gasteiger partial charge is 0.368 e. The number of benzene rings is 2. The van der Waals surface area contributed by atoms with Gasteiger partial charge in [-0.05, 0) is 34.5 Å². The van der Waals surface area contributed by atoms with E-state index >= 15 is 0 Å². The molecule has 0 aliphatic carbocycles. The van der Waals surface area contributed by atoms with Crippen molar-refractivity contribution in [3.05, 3.63) is 76.7 Å². The molecule has 2 aromatic carbocycles. The minimum Gasteiger partial charge on any atom is -0.244 e. The van der Waals surface area contributed by atoms with E-state index in [1.54, 1.807) is 0 Å². The molecule has 0 saturated carbocycles. The van der Waals surface area contributed by atoms with Crippen molar-refractivity contribution in [3.63, 3.8) is 0 Å². The lowest BCUT2D eigenvalue weighted by molar-refractivity contribution is 0.574. The predicted octanol–water partition coefficient (Wildman–Crippen LogP) is 1.67. The summed E-state index contributed by atoms with van der Waals surface area (Å²) >= 11 is 0. The van der Waals surface area contributed by atoms with E-state index in [0.717, 1.165) is 12.1 Å². The molecule has 0 N–H and O–H groups in total. The van der Waals surface area contributed by atoms with Crippen LogP contribution in [0.4, 0.5) is 0 Å². The van der Waals surface area contributed by atoms with Crippen LogP contribution in [0.25, 0.3) is 5.69 Å². The van der Waals surface area contributed by atoms with Crippen LogP contribution in [0, 0.1) is 0 Å². The maximum atomic E-state index is 12.2. The first kappa shape index (κ1) is 12.3. The Balaban J connectivity index is 1.80. The molecule has 1 aromatic heterocycles. The summed E-state index contributed by atoms with van der Waals surface area (Å²) in [4.78, 5) is 12.2. The van der Waals surface area contributed by atoms with Gasteiger partial charge in [0, 0.05) is 0 Å². The summed E-state index contributed by atoms with van der Waals surface area (Å²) in [5.74, 6) is 0. The highest BCUT2D eigenvalue weighted by molar-refractivity contribution is 5.28. The van der Waals surface area contributed by atoms with Crippen LogP contribution in [-0.2, 0) is 13.0 Å². The van der Waals surface area contributed by atoms with E-state index in [1.165, 1.54) is 14.9 Å². The third kappa shape index (κ3) is 2.51. The summed E-state index contributed by atoms with van der Waals surface area (Å²) in [7, 11) is 0. The molecular weight excluding hydrogens is 252 g/mol. The van der Waals surface area contributed by atoms with Crippen LogP contribution in [0.5, 0.6) is 0 Å². The Hall–Kier alpha value is -2.69. The number of hydrogen-bond acceptors (Lipinski definition) is 3. The average molecular weight is 266 g/mol. The number of aryl methyl sites for hydroxylation is 2. The zero-order valence-corrected chi connectivity index (χ0v) is 10.9. The second kappa shape index (κ2) is 5.52. The smallest absolute Gasteiger partial charge is 0.244 e. The van der Waals surface area contributed by atoms with Gasteiger partial charge in [-0.1, -0.05) is 48.5 Å². The van der Waals surface area contributed by atoms with E-state index in [2.05, 4.69) is 10.4 Å². The molecule has 0 unspecified atom stereocenters. The molecule has 0 radical (unpaired) electrons. The van der Waals surface area contributed by atoms with Crippen molar-refractivity contribution in [3.8, 4) is 5.69 Å². The van der Waals surface area contributed by atoms with Crippen LogP contribution in [0.1, 0.15) is 5.56 Å². The number of tetrazole rings is 1. The molecule has 0 bridgehead atoms. The normalized spacial score (nSPS) is 10.6. The van der Waals surface area contributed by atoms with Gasteiger partial charge >= 0.3 is 5.69 Å². The zero-order chi connectivity index (χ0) is 13.8. The predicted molar refractivity (Wildman–Crippen MR) is 75.8 cm³/mol. The van der Waals surface area contributed by atoms with Gasteiger partial charge in [0.1, 0.15) is 0 Å². The van der Waals surface area contributed by atoms with Crippen molar-refractivity contribution < 1.29 is 0 Å². The molecule has 100 valence electrons. The maximum absolute atomic E-state index is 12.2. The number of rotatable bonds is 4. The second-order valence-corrected chi connectivity index (χ2v) is 4.47. The molecule has 20 heavy (non-hydrogen) atoms. The van der Waals surface area contributed by atoms with E-state index in [9.17, 15) is 4.79 Å². The summed E-state index contributed by atoms with van der Waals surface area (Å²) in [6.45, 7) is 0.523. The Morgan fingerprint density at radius 3 is 2.20 bits per heavy atom. The minimum atomic E-state index is -0.216. The highest BCUT2D eigenvalue weighted by Gasteiger charge is 2.08. The van der Waals surface area contributed by atoms with Crippen molar-refractivity contribution >= 4 is 0 Å². The minimum absolute atomic E-state index is 0.216. The van der Waals surface area contributed by atoms with Crippen molar-refractivity contribution in [1.29, 1.82) is 0 Å². The Morgan fingerprint density at radius 1 is 0.850 bits per heavy atom. The molecule has 0 aliphatic heterocycles. The molecule has 1 heterocycles. The highest BCUT2D eigenvalue weighted by Crippen LogP contribution is 2.02. The van der Waals surface area contributed by atoms with Gasteiger partial charge in [0.25, 0.3) is 0 Å². The fourth-order valence-electron chi connectivity index (χ4n) is 2.03. The van der Waals surface area contributed by atoms with Gasteiger partial charge in [0.05, 0.1) is 12.2 Å². The first-order valence-corrected chi connectivity index (χ1v) is 6.47. The molecule has 0 amide bonds. The van der Waals surface area contributed by atoms with Crippen molar-refractivity contribution in [2.75, 3.05) is 0 Å². The Bertz CT molecular complexity index is 731. The van der Waals surface area contributed by atoms with Crippen molar-refractivity contribution in [2.45, 2.75) is 13.0 Å². The topological polar surface area (TPSA) is 52.7 Å². The fourth-order valence-corrected chi connectivity index (χ4v) is 2.03. The number of nitrogens with zero attached hydrogens (tertiary/aromatic N) is 4. The molecular formula is C15H14N4O. The lowest BCUT2D eigenvalue weighted by Crippen LogP contribution is -2.25. The Labute approximate surface area is 116 Å². The van der Waals surface area contributed by atoms with Crippen LogP contribution >= 0.6 is 0 Å². The van der Waals surface area contributed by atoms with Gasteiger partial charge in [-0.2, -0.15) is 9.36 Å². The molecule has 0 aliphatic rings. The van der Waals surface area contributed by atoms with Crippen LogP contribution in [0.3, 0.4) is 0 Å². The molecule has 0 atom stereocenters. The summed E-state index contributed by atoms with van der Waals surface area (Å²) < 4.78 is 2.70. The van der Waals surface area contributed by atoms with Gasteiger partial charge < -0.3 is 0 Å². The zero-order valence-electron chi connectivity index (χ0n) is 10.9. The van der Waals surface area contributed by atoms with Crippen LogP contribution in [-0.4, -0.2) is 19.8 Å². The SMILES string of the molecule is O=c1n(CCc2ccccc2)nnn1-c1ccccc1. The van der Waals surface area contributed by atoms with Gasteiger partial charge in [-0.25, -0.2) is 4.79 Å². The van der Waals surface area contributed by atoms with E-state index in [1.807, 2.05) is 60.7 Å². The van der Waals surface area contributed by atoms with E-state index in [-0.39, 0.29) is 5.69 Å². The standard InChI is InChI=1S/C15H14N4O/c20-15-18(12-11-13-7-3-1-4-8-13)16-17-19(15)14-9-5-2-6-10-14/h1-10H,11-12H2. The first-order valence-electron chi connectivity index (χ1n) is 6.47. The average Bonchev–Trinajstić information content (AvgIpc) is 2.88. The van der Waals surface area contributed by atoms with Crippen molar-refractivity contribution in [2.24, 2.45) is 0 Å². The third-order valence-electron chi connectivity index (χ3n) is 3.10. The monoisotopic (exact) mass is 266 g/mol. The number of aromatic nitrogens is 4. The van der Waals surface area contributed by atoms with Crippen LogP contribution < -0.4 is 5.69 Å². The number of hydrogen-bond donors (Lipinski definition) is 0. The lowest BCUT2D eigenvalue weighted by atomic mass is 10.2. The molecule has 5 nitrogen and oxygen atoms in total. The van der Waals surface area contributed by atoms with Crippen molar-refractivity contribution in [1.82, 2.24) is 19.8 Å². The molecule has 0 saturated heterocycles. The second-order valence-electron chi connectivity index (χ2n) is 4.47. The number of para-hydroxylation sites is 1. The van der Waals surface area contributed by atoms with Gasteiger partial charge in [-0.3, -0.25) is 0 Å². The summed E-state index contributed by atoms with van der Waals surface area (Å²) in [5.41, 5.74) is 1.68. The maximum Gasteiger partial charge on any atom is 0.368 e. The summed E-state index contributed by atoms with van der Waals surface area (Å²) in [6, 6.07) is 19.3. The van der Waals surface area contributed by atoms with E-state index < -0.39 is 0 Å². The third-order valence-corrected chi connectivity index (χ3v) is 3.10. The molecule has 0 spiro atoms. The summed E-state index contributed by atoms with van der Waals surface area (Å²) in [5, 5.41) is 7.84.